The van der Waals surface area contributed by atoms with Gasteiger partial charge in [-0.25, -0.2) is 8.42 Å². The Bertz CT molecular complexity index is 2750. The number of nitrogens with one attached hydrogen (secondary N) is 1. The van der Waals surface area contributed by atoms with Crippen LogP contribution in [0.5, 0.6) is 17.2 Å². The Morgan fingerprint density at radius 2 is 0.831 bits per heavy atom. The van der Waals surface area contributed by atoms with E-state index in [2.05, 4.69) is 112 Å². The minimum Gasteiger partial charge on any atom is -0.506 e. The van der Waals surface area contributed by atoms with Gasteiger partial charge in [0.1, 0.15) is 23.9 Å². The highest BCUT2D eigenvalue weighted by atomic mass is 32.2. The lowest BCUT2D eigenvalue weighted by Crippen LogP contribution is -2.16. The van der Waals surface area contributed by atoms with Gasteiger partial charge in [0.25, 0.3) is 10.0 Å². The van der Waals surface area contributed by atoms with Crippen molar-refractivity contribution in [2.75, 3.05) is 4.72 Å². The molecule has 6 nitrogen and oxygen atoms in total. The highest BCUT2D eigenvalue weighted by molar-refractivity contribution is 8.01. The molecule has 0 fully saturated rings. The second-order valence-corrected chi connectivity index (χ2v) is 26.9. The van der Waals surface area contributed by atoms with Gasteiger partial charge in [0.15, 0.2) is 0 Å². The first-order valence-corrected chi connectivity index (χ1v) is 26.5. The van der Waals surface area contributed by atoms with Crippen LogP contribution in [0.4, 0.5) is 5.69 Å². The molecular weight excluding hydrogens is 903 g/mol. The quantitative estimate of drug-likeness (QED) is 0.151. The first-order valence-electron chi connectivity index (χ1n) is 21.8. The summed E-state index contributed by atoms with van der Waals surface area (Å²) in [4.78, 5) is 5.45. The van der Waals surface area contributed by atoms with Gasteiger partial charge in [-0.15, -0.1) is 0 Å². The predicted octanol–water partition coefficient (Wildman–Crippen LogP) is 15.9. The van der Waals surface area contributed by atoms with Crippen molar-refractivity contribution < 1.29 is 23.4 Å². The van der Waals surface area contributed by atoms with Gasteiger partial charge in [0.05, 0.1) is 40.0 Å². The number of hydrogen-bond donors (Lipinski definition) is 3. The van der Waals surface area contributed by atoms with Crippen molar-refractivity contribution in [1.29, 1.82) is 0 Å². The van der Waals surface area contributed by atoms with Crippen molar-refractivity contribution in [2.45, 2.75) is 162 Å². The number of ether oxygens (including phenoxy) is 1. The summed E-state index contributed by atoms with van der Waals surface area (Å²) in [6.45, 7) is 28.1. The summed E-state index contributed by atoms with van der Waals surface area (Å²) in [5.74, 6) is 0.830. The van der Waals surface area contributed by atoms with Crippen LogP contribution in [0, 0.1) is 6.92 Å². The number of sulfonamides is 1. The van der Waals surface area contributed by atoms with Gasteiger partial charge >= 0.3 is 0 Å². The van der Waals surface area contributed by atoms with Gasteiger partial charge in [-0.2, -0.15) is 0 Å². The van der Waals surface area contributed by atoms with Crippen molar-refractivity contribution in [3.8, 4) is 17.2 Å². The Kier molecular flexibility index (Phi) is 13.6. The zero-order valence-corrected chi connectivity index (χ0v) is 43.8. The predicted molar refractivity (Wildman–Crippen MR) is 273 cm³/mol. The first kappa shape index (κ1) is 48.8. The van der Waals surface area contributed by atoms with E-state index in [0.717, 1.165) is 43.2 Å². The highest BCUT2D eigenvalue weighted by Crippen LogP contribution is 2.56. The lowest BCUT2D eigenvalue weighted by atomic mass is 9.87. The number of hydrogen-bond acceptors (Lipinski definition) is 9. The molecule has 0 saturated heterocycles. The maximum absolute atomic E-state index is 14.5. The summed E-state index contributed by atoms with van der Waals surface area (Å²) in [6, 6.07) is 33.4. The normalized spacial score (nSPS) is 13.7. The molecule has 0 radical (unpaired) electrons. The van der Waals surface area contributed by atoms with E-state index in [1.165, 1.54) is 47.0 Å². The fraction of sp³-hybridized carbons (Fsp3) is 0.333. The number of rotatable bonds is 6. The molecule has 8 bridgehead atoms. The fourth-order valence-corrected chi connectivity index (χ4v) is 12.8. The second kappa shape index (κ2) is 18.2. The summed E-state index contributed by atoms with van der Waals surface area (Å²) in [7, 11) is -4.11. The number of fused-ring (bicyclic) bond motifs is 8. The molecule has 0 aliphatic carbocycles. The Morgan fingerprint density at radius 1 is 0.492 bits per heavy atom. The molecule has 1 aliphatic heterocycles. The molecule has 0 saturated carbocycles. The van der Waals surface area contributed by atoms with E-state index in [9.17, 15) is 18.6 Å². The van der Waals surface area contributed by atoms with E-state index in [4.69, 9.17) is 4.74 Å². The average Bonchev–Trinajstić information content (AvgIpc) is 3.19. The van der Waals surface area contributed by atoms with Gasteiger partial charge < -0.3 is 14.9 Å². The Hall–Kier alpha value is -4.13. The standard InChI is InChI=1S/C54H61NO5S5/c1-32-19-21-38(22-20-32)65(58,59)55-47-39-23-34(51(2,3)4)24-40(47)62-42-26-36(53(8,9)10)28-44(49(42)57)64-46-30-37(54(11,12)13)29-45(50(46)60-31-33-17-15-14-16-18-33)63-43-27-35(52(5,6)7)25-41(61-39)48(43)56/h14-30,55-57H,31H2,1-13H3. The van der Waals surface area contributed by atoms with Crippen molar-refractivity contribution in [1.82, 2.24) is 0 Å². The lowest BCUT2D eigenvalue weighted by molar-refractivity contribution is 0.290. The average molecular weight is 964 g/mol. The fourth-order valence-electron chi connectivity index (χ4n) is 7.04. The lowest BCUT2D eigenvalue weighted by Gasteiger charge is -2.27. The summed E-state index contributed by atoms with van der Waals surface area (Å²) in [5, 5.41) is 25.2. The molecular formula is C54H61NO5S5. The summed E-state index contributed by atoms with van der Waals surface area (Å²) < 4.78 is 38.9. The topological polar surface area (TPSA) is 95.9 Å². The molecule has 6 aromatic carbocycles. The van der Waals surface area contributed by atoms with Crippen molar-refractivity contribution >= 4 is 62.8 Å². The minimum absolute atomic E-state index is 0.0878. The SMILES string of the molecule is Cc1ccc(S(=O)(=O)Nc2c3cc(C(C)(C)C)cc2Sc2cc(C(C)(C)C)cc(c2O)Sc2cc(C(C)(C)C)cc(c2OCc2ccccc2)Sc2cc(C(C)(C)C)cc(c2O)S3)cc1. The molecule has 11 heteroatoms. The van der Waals surface area contributed by atoms with Crippen LogP contribution in [-0.2, 0) is 38.3 Å². The van der Waals surface area contributed by atoms with Crippen LogP contribution >= 0.6 is 47.0 Å². The van der Waals surface area contributed by atoms with E-state index in [1.807, 2.05) is 61.5 Å². The van der Waals surface area contributed by atoms with Crippen LogP contribution < -0.4 is 9.46 Å². The maximum atomic E-state index is 14.5. The van der Waals surface area contributed by atoms with Crippen molar-refractivity contribution in [2.24, 2.45) is 0 Å². The van der Waals surface area contributed by atoms with Crippen LogP contribution in [0.1, 0.15) is 116 Å². The Morgan fingerprint density at radius 3 is 1.20 bits per heavy atom. The molecule has 1 heterocycles. The van der Waals surface area contributed by atoms with Crippen LogP contribution in [0.15, 0.2) is 147 Å². The Balaban J connectivity index is 1.58. The monoisotopic (exact) mass is 963 g/mol. The van der Waals surface area contributed by atoms with Crippen LogP contribution in [-0.4, -0.2) is 18.6 Å². The summed E-state index contributed by atoms with van der Waals surface area (Å²) in [6.07, 6.45) is 0. The van der Waals surface area contributed by atoms with Crippen LogP contribution in [0.2, 0.25) is 0 Å². The maximum Gasteiger partial charge on any atom is 0.261 e. The first-order chi connectivity index (χ1) is 30.2. The number of aromatic hydroxyl groups is 2. The summed E-state index contributed by atoms with van der Waals surface area (Å²) >= 11 is 5.57. The molecule has 0 aromatic heterocycles. The third kappa shape index (κ3) is 11.2. The molecule has 7 rings (SSSR count). The second-order valence-electron chi connectivity index (χ2n) is 20.9. The minimum atomic E-state index is -4.11. The zero-order chi connectivity index (χ0) is 47.4. The van der Waals surface area contributed by atoms with E-state index >= 15 is 0 Å². The van der Waals surface area contributed by atoms with Gasteiger partial charge in [0.2, 0.25) is 0 Å². The van der Waals surface area contributed by atoms with E-state index in [0.29, 0.717) is 47.4 Å². The highest BCUT2D eigenvalue weighted by Gasteiger charge is 2.30. The molecule has 342 valence electrons. The number of aryl methyl sites for hydroxylation is 1. The van der Waals surface area contributed by atoms with Gasteiger partial charge in [-0.3, -0.25) is 4.72 Å². The molecule has 0 amide bonds. The third-order valence-corrected chi connectivity index (χ3v) is 16.9. The smallest absolute Gasteiger partial charge is 0.261 e. The zero-order valence-electron chi connectivity index (χ0n) is 39.7. The van der Waals surface area contributed by atoms with Gasteiger partial charge in [0, 0.05) is 9.79 Å². The molecule has 0 unspecified atom stereocenters. The van der Waals surface area contributed by atoms with E-state index in [-0.39, 0.29) is 38.1 Å². The van der Waals surface area contributed by atoms with E-state index in [1.54, 1.807) is 24.3 Å². The molecule has 1 aliphatic rings. The van der Waals surface area contributed by atoms with Gasteiger partial charge in [-0.05, 0) is 117 Å². The molecule has 0 spiro atoms. The van der Waals surface area contributed by atoms with E-state index < -0.39 is 10.0 Å². The third-order valence-electron chi connectivity index (χ3n) is 11.3. The van der Waals surface area contributed by atoms with Crippen molar-refractivity contribution in [3.63, 3.8) is 0 Å². The summed E-state index contributed by atoms with van der Waals surface area (Å²) in [5.41, 5.74) is 5.15. The number of benzene rings is 6. The number of phenolic OH excluding ortho intramolecular Hbond substituents is 2. The molecule has 3 N–H and O–H groups in total. The van der Waals surface area contributed by atoms with Gasteiger partial charge in [-0.1, -0.05) is 178 Å². The largest absolute Gasteiger partial charge is 0.506 e. The Labute approximate surface area is 404 Å². The molecule has 0 atom stereocenters. The number of phenols is 2. The number of anilines is 1. The molecule has 6 aromatic rings. The molecule has 65 heavy (non-hydrogen) atoms. The van der Waals surface area contributed by atoms with Crippen molar-refractivity contribution in [3.05, 3.63) is 137 Å². The van der Waals surface area contributed by atoms with Crippen LogP contribution in [0.25, 0.3) is 0 Å². The van der Waals surface area contributed by atoms with Crippen LogP contribution in [0.3, 0.4) is 0 Å².